The molecule has 0 bridgehead atoms. The molecule has 0 aliphatic carbocycles. The third kappa shape index (κ3) is 6.45. The number of hydrogen-bond acceptors (Lipinski definition) is 4. The first-order valence-electron chi connectivity index (χ1n) is 11.7. The summed E-state index contributed by atoms with van der Waals surface area (Å²) in [6.07, 6.45) is 1.26. The summed E-state index contributed by atoms with van der Waals surface area (Å²) in [7, 11) is 1.65. The second kappa shape index (κ2) is 11.5. The predicted molar refractivity (Wildman–Crippen MR) is 134 cm³/mol. The average Bonchev–Trinajstić information content (AvgIpc) is 2.89. The number of hydrogen-bond donors (Lipinski definition) is 1. The van der Waals surface area contributed by atoms with Crippen LogP contribution in [0.25, 0.3) is 0 Å². The van der Waals surface area contributed by atoms with Crippen LogP contribution in [0.15, 0.2) is 78.9 Å². The number of aryl methyl sites for hydroxylation is 1. The van der Waals surface area contributed by atoms with Crippen molar-refractivity contribution in [3.8, 4) is 5.75 Å². The van der Waals surface area contributed by atoms with Gasteiger partial charge in [-0.3, -0.25) is 14.5 Å². The SMILES string of the molecule is COc1ccc(CCC(=O)N2CCN(Cc3cccc(C(=O)Nc4ccccc4)c3)CC2)cc1. The molecule has 4 rings (SSSR count). The molecule has 176 valence electrons. The molecule has 0 unspecified atom stereocenters. The third-order valence-electron chi connectivity index (χ3n) is 6.14. The molecule has 0 atom stereocenters. The van der Waals surface area contributed by atoms with Crippen LogP contribution in [0.5, 0.6) is 5.75 Å². The number of piperazine rings is 1. The van der Waals surface area contributed by atoms with E-state index in [9.17, 15) is 9.59 Å². The van der Waals surface area contributed by atoms with Crippen molar-refractivity contribution in [3.05, 3.63) is 95.6 Å². The van der Waals surface area contributed by atoms with Crippen molar-refractivity contribution in [2.45, 2.75) is 19.4 Å². The number of nitrogens with zero attached hydrogens (tertiary/aromatic N) is 2. The van der Waals surface area contributed by atoms with Gasteiger partial charge in [0.1, 0.15) is 5.75 Å². The fourth-order valence-corrected chi connectivity index (χ4v) is 4.15. The lowest BCUT2D eigenvalue weighted by atomic mass is 10.1. The van der Waals surface area contributed by atoms with Crippen LogP contribution in [-0.4, -0.2) is 54.9 Å². The molecule has 0 spiro atoms. The Bertz CT molecular complexity index is 1090. The van der Waals surface area contributed by atoms with E-state index in [-0.39, 0.29) is 11.8 Å². The Labute approximate surface area is 201 Å². The van der Waals surface area contributed by atoms with Crippen molar-refractivity contribution in [2.75, 3.05) is 38.6 Å². The lowest BCUT2D eigenvalue weighted by molar-refractivity contribution is -0.133. The highest BCUT2D eigenvalue weighted by Gasteiger charge is 2.21. The van der Waals surface area contributed by atoms with Crippen LogP contribution in [-0.2, 0) is 17.8 Å². The molecule has 3 aromatic rings. The molecule has 1 heterocycles. The molecule has 1 fully saturated rings. The van der Waals surface area contributed by atoms with Gasteiger partial charge in [-0.2, -0.15) is 0 Å². The maximum atomic E-state index is 12.7. The fraction of sp³-hybridized carbons (Fsp3) is 0.286. The zero-order valence-corrected chi connectivity index (χ0v) is 19.6. The van der Waals surface area contributed by atoms with E-state index >= 15 is 0 Å². The van der Waals surface area contributed by atoms with Crippen molar-refractivity contribution in [1.29, 1.82) is 0 Å². The predicted octanol–water partition coefficient (Wildman–Crippen LogP) is 4.22. The van der Waals surface area contributed by atoms with E-state index in [2.05, 4.69) is 10.2 Å². The summed E-state index contributed by atoms with van der Waals surface area (Å²) in [5.41, 5.74) is 3.67. The summed E-state index contributed by atoms with van der Waals surface area (Å²) in [5, 5.41) is 2.93. The summed E-state index contributed by atoms with van der Waals surface area (Å²) in [4.78, 5) is 29.6. The van der Waals surface area contributed by atoms with Gasteiger partial charge >= 0.3 is 0 Å². The standard InChI is InChI=1S/C28H31N3O3/c1-34-26-13-10-22(11-14-26)12-15-27(32)31-18-16-30(17-19-31)21-23-6-5-7-24(20-23)28(33)29-25-8-3-2-4-9-25/h2-11,13-14,20H,12,15-19,21H2,1H3,(H,29,33). The number of anilines is 1. The molecule has 1 saturated heterocycles. The van der Waals surface area contributed by atoms with Gasteiger partial charge in [-0.05, 0) is 53.9 Å². The monoisotopic (exact) mass is 457 g/mol. The smallest absolute Gasteiger partial charge is 0.255 e. The number of benzene rings is 3. The number of ether oxygens (including phenoxy) is 1. The van der Waals surface area contributed by atoms with E-state index in [0.29, 0.717) is 12.0 Å². The zero-order chi connectivity index (χ0) is 23.8. The minimum Gasteiger partial charge on any atom is -0.497 e. The van der Waals surface area contributed by atoms with E-state index in [1.54, 1.807) is 7.11 Å². The van der Waals surface area contributed by atoms with Crippen LogP contribution in [0.3, 0.4) is 0 Å². The maximum absolute atomic E-state index is 12.7. The lowest BCUT2D eigenvalue weighted by Crippen LogP contribution is -2.48. The first-order valence-corrected chi connectivity index (χ1v) is 11.7. The molecule has 0 saturated carbocycles. The van der Waals surface area contributed by atoms with Gasteiger partial charge < -0.3 is 15.0 Å². The highest BCUT2D eigenvalue weighted by Crippen LogP contribution is 2.16. The molecule has 0 radical (unpaired) electrons. The van der Waals surface area contributed by atoms with Gasteiger partial charge in [0.15, 0.2) is 0 Å². The Kier molecular flexibility index (Phi) is 7.94. The van der Waals surface area contributed by atoms with Crippen molar-refractivity contribution in [3.63, 3.8) is 0 Å². The van der Waals surface area contributed by atoms with Gasteiger partial charge in [-0.15, -0.1) is 0 Å². The molecule has 1 aliphatic heterocycles. The van der Waals surface area contributed by atoms with E-state index in [1.807, 2.05) is 83.8 Å². The van der Waals surface area contributed by atoms with Crippen LogP contribution < -0.4 is 10.1 Å². The van der Waals surface area contributed by atoms with Gasteiger partial charge in [-0.1, -0.05) is 42.5 Å². The van der Waals surface area contributed by atoms with Gasteiger partial charge in [0.25, 0.3) is 5.91 Å². The number of para-hydroxylation sites is 1. The van der Waals surface area contributed by atoms with Crippen LogP contribution >= 0.6 is 0 Å². The maximum Gasteiger partial charge on any atom is 0.255 e. The normalized spacial score (nSPS) is 14.0. The Hall–Kier alpha value is -3.64. The Morgan fingerprint density at radius 2 is 1.59 bits per heavy atom. The molecular formula is C28H31N3O3. The van der Waals surface area contributed by atoms with E-state index in [4.69, 9.17) is 4.74 Å². The molecule has 6 heteroatoms. The van der Waals surface area contributed by atoms with Gasteiger partial charge in [-0.25, -0.2) is 0 Å². The molecular weight excluding hydrogens is 426 g/mol. The third-order valence-corrected chi connectivity index (χ3v) is 6.14. The number of nitrogens with one attached hydrogen (secondary N) is 1. The van der Waals surface area contributed by atoms with Crippen molar-refractivity contribution < 1.29 is 14.3 Å². The van der Waals surface area contributed by atoms with E-state index in [0.717, 1.165) is 61.7 Å². The Morgan fingerprint density at radius 1 is 0.853 bits per heavy atom. The number of carbonyl (C=O) groups excluding carboxylic acids is 2. The Balaban J connectivity index is 1.24. The minimum atomic E-state index is -0.111. The first kappa shape index (κ1) is 23.5. The van der Waals surface area contributed by atoms with Crippen molar-refractivity contribution >= 4 is 17.5 Å². The zero-order valence-electron chi connectivity index (χ0n) is 19.6. The van der Waals surface area contributed by atoms with Crippen molar-refractivity contribution in [1.82, 2.24) is 9.80 Å². The summed E-state index contributed by atoms with van der Waals surface area (Å²) in [6.45, 7) is 3.88. The Morgan fingerprint density at radius 3 is 2.29 bits per heavy atom. The minimum absolute atomic E-state index is 0.111. The van der Waals surface area contributed by atoms with Crippen LogP contribution in [0.4, 0.5) is 5.69 Å². The van der Waals surface area contributed by atoms with Crippen LogP contribution in [0.2, 0.25) is 0 Å². The topological polar surface area (TPSA) is 61.9 Å². The summed E-state index contributed by atoms with van der Waals surface area (Å²) >= 11 is 0. The summed E-state index contributed by atoms with van der Waals surface area (Å²) < 4.78 is 5.19. The quantitative estimate of drug-likeness (QED) is 0.550. The molecule has 1 aliphatic rings. The highest BCUT2D eigenvalue weighted by atomic mass is 16.5. The van der Waals surface area contributed by atoms with E-state index in [1.165, 1.54) is 0 Å². The average molecular weight is 458 g/mol. The molecule has 2 amide bonds. The summed E-state index contributed by atoms with van der Waals surface area (Å²) in [6, 6.07) is 25.1. The van der Waals surface area contributed by atoms with Gasteiger partial charge in [0, 0.05) is 50.4 Å². The number of carbonyl (C=O) groups is 2. The fourth-order valence-electron chi connectivity index (χ4n) is 4.15. The van der Waals surface area contributed by atoms with Crippen LogP contribution in [0, 0.1) is 0 Å². The van der Waals surface area contributed by atoms with Crippen molar-refractivity contribution in [2.24, 2.45) is 0 Å². The molecule has 34 heavy (non-hydrogen) atoms. The first-order chi connectivity index (χ1) is 16.6. The number of amides is 2. The van der Waals surface area contributed by atoms with E-state index < -0.39 is 0 Å². The largest absolute Gasteiger partial charge is 0.497 e. The number of rotatable bonds is 8. The molecule has 6 nitrogen and oxygen atoms in total. The molecule has 0 aromatic heterocycles. The molecule has 3 aromatic carbocycles. The van der Waals surface area contributed by atoms with Crippen LogP contribution in [0.1, 0.15) is 27.9 Å². The lowest BCUT2D eigenvalue weighted by Gasteiger charge is -2.35. The second-order valence-electron chi connectivity index (χ2n) is 8.53. The second-order valence-corrected chi connectivity index (χ2v) is 8.53. The number of methoxy groups -OCH3 is 1. The van der Waals surface area contributed by atoms with Gasteiger partial charge in [0.2, 0.25) is 5.91 Å². The molecule has 1 N–H and O–H groups in total. The summed E-state index contributed by atoms with van der Waals surface area (Å²) in [5.74, 6) is 0.920. The van der Waals surface area contributed by atoms with Gasteiger partial charge in [0.05, 0.1) is 7.11 Å². The highest BCUT2D eigenvalue weighted by molar-refractivity contribution is 6.04.